The zero-order chi connectivity index (χ0) is 21.8. The molecule has 5 rings (SSSR count). The van der Waals surface area contributed by atoms with E-state index in [4.69, 9.17) is 0 Å². The summed E-state index contributed by atoms with van der Waals surface area (Å²) in [5.74, 6) is 0.135. The van der Waals surface area contributed by atoms with E-state index in [0.29, 0.717) is 22.4 Å². The van der Waals surface area contributed by atoms with Gasteiger partial charge < -0.3 is 10.4 Å². The van der Waals surface area contributed by atoms with E-state index >= 15 is 0 Å². The van der Waals surface area contributed by atoms with Crippen molar-refractivity contribution in [3.63, 3.8) is 0 Å². The summed E-state index contributed by atoms with van der Waals surface area (Å²) < 4.78 is 1.90. The fraction of sp³-hybridized carbons (Fsp3) is 0.409. The Balaban J connectivity index is 1.49. The predicted octanol–water partition coefficient (Wildman–Crippen LogP) is 4.20. The first kappa shape index (κ1) is 20.0. The van der Waals surface area contributed by atoms with Gasteiger partial charge in [0.15, 0.2) is 0 Å². The van der Waals surface area contributed by atoms with Crippen molar-refractivity contribution in [2.24, 2.45) is 0 Å². The SMILES string of the molecule is CC1(C)CC(n2nnc3cc(-c4ccc(-c5nccs5)cc4O)nnc32)CC(C)(C)N1. The average Bonchev–Trinajstić information content (AvgIpc) is 3.35. The van der Waals surface area contributed by atoms with Gasteiger partial charge in [-0.15, -0.1) is 26.6 Å². The van der Waals surface area contributed by atoms with Gasteiger partial charge >= 0.3 is 0 Å². The molecule has 8 nitrogen and oxygen atoms in total. The molecule has 0 unspecified atom stereocenters. The lowest BCUT2D eigenvalue weighted by atomic mass is 9.80. The Morgan fingerprint density at radius 3 is 2.52 bits per heavy atom. The molecule has 0 bridgehead atoms. The maximum atomic E-state index is 10.6. The summed E-state index contributed by atoms with van der Waals surface area (Å²) in [6.07, 6.45) is 3.60. The van der Waals surface area contributed by atoms with Crippen LogP contribution < -0.4 is 5.32 Å². The van der Waals surface area contributed by atoms with E-state index < -0.39 is 0 Å². The van der Waals surface area contributed by atoms with Gasteiger partial charge in [-0.2, -0.15) is 0 Å². The van der Waals surface area contributed by atoms with Crippen LogP contribution in [0.1, 0.15) is 46.6 Å². The highest BCUT2D eigenvalue weighted by Crippen LogP contribution is 2.37. The van der Waals surface area contributed by atoms with Crippen LogP contribution in [0.15, 0.2) is 35.8 Å². The van der Waals surface area contributed by atoms with Crippen LogP contribution in [-0.4, -0.2) is 46.4 Å². The van der Waals surface area contributed by atoms with Crippen LogP contribution in [0.3, 0.4) is 0 Å². The summed E-state index contributed by atoms with van der Waals surface area (Å²) in [5.41, 5.74) is 3.35. The molecule has 1 aliphatic heterocycles. The Morgan fingerprint density at radius 1 is 1.06 bits per heavy atom. The monoisotopic (exact) mass is 435 g/mol. The molecular weight excluding hydrogens is 410 g/mol. The van der Waals surface area contributed by atoms with Crippen molar-refractivity contribution in [1.82, 2.24) is 35.5 Å². The van der Waals surface area contributed by atoms with E-state index in [-0.39, 0.29) is 22.9 Å². The van der Waals surface area contributed by atoms with E-state index in [0.717, 1.165) is 23.4 Å². The third kappa shape index (κ3) is 3.79. The Labute approximate surface area is 184 Å². The number of rotatable bonds is 3. The van der Waals surface area contributed by atoms with Crippen LogP contribution >= 0.6 is 11.3 Å². The highest BCUT2D eigenvalue weighted by atomic mass is 32.1. The van der Waals surface area contributed by atoms with Crippen molar-refractivity contribution < 1.29 is 5.11 Å². The van der Waals surface area contributed by atoms with Crippen molar-refractivity contribution in [2.45, 2.75) is 57.7 Å². The number of aromatic hydroxyl groups is 1. The summed E-state index contributed by atoms with van der Waals surface area (Å²) >= 11 is 1.53. The minimum atomic E-state index is -0.0109. The van der Waals surface area contributed by atoms with Crippen LogP contribution in [-0.2, 0) is 0 Å². The maximum Gasteiger partial charge on any atom is 0.201 e. The van der Waals surface area contributed by atoms with Gasteiger partial charge in [-0.1, -0.05) is 11.3 Å². The molecule has 4 aromatic rings. The van der Waals surface area contributed by atoms with Crippen molar-refractivity contribution >= 4 is 22.5 Å². The van der Waals surface area contributed by atoms with Gasteiger partial charge in [0.25, 0.3) is 0 Å². The number of nitrogens with zero attached hydrogens (tertiary/aromatic N) is 6. The van der Waals surface area contributed by atoms with E-state index in [9.17, 15) is 5.11 Å². The van der Waals surface area contributed by atoms with Gasteiger partial charge in [0.2, 0.25) is 5.65 Å². The first-order chi connectivity index (χ1) is 14.7. The number of hydrogen-bond donors (Lipinski definition) is 2. The quantitative estimate of drug-likeness (QED) is 0.497. The molecule has 1 fully saturated rings. The molecule has 4 heterocycles. The normalized spacial score (nSPS) is 18.5. The average molecular weight is 436 g/mol. The molecule has 0 aliphatic carbocycles. The highest BCUT2D eigenvalue weighted by molar-refractivity contribution is 7.13. The fourth-order valence-electron chi connectivity index (χ4n) is 4.82. The Bertz CT molecular complexity index is 1230. The molecule has 1 saturated heterocycles. The molecular formula is C22H25N7OS. The van der Waals surface area contributed by atoms with E-state index in [2.05, 4.69) is 58.5 Å². The standard InChI is InChI=1S/C22H25N7OS/c1-21(2)11-14(12-22(3,4)27-21)29-19-17(25-28-29)10-16(24-26-19)15-6-5-13(9-18(15)30)20-23-7-8-31-20/h5-10,14,27,30H,11-12H2,1-4H3. The summed E-state index contributed by atoms with van der Waals surface area (Å²) in [5, 5.41) is 34.7. The Kier molecular flexibility index (Phi) is 4.56. The van der Waals surface area contributed by atoms with Gasteiger partial charge in [-0.05, 0) is 58.7 Å². The number of phenolic OH excluding ortho intramolecular Hbond substituents is 1. The molecule has 1 aromatic carbocycles. The van der Waals surface area contributed by atoms with Crippen LogP contribution in [0.25, 0.3) is 33.0 Å². The van der Waals surface area contributed by atoms with Crippen molar-refractivity contribution in [3.8, 4) is 27.6 Å². The lowest BCUT2D eigenvalue weighted by molar-refractivity contribution is 0.127. The van der Waals surface area contributed by atoms with E-state index in [1.54, 1.807) is 12.3 Å². The second kappa shape index (κ2) is 7.06. The molecule has 3 aromatic heterocycles. The van der Waals surface area contributed by atoms with Gasteiger partial charge in [-0.25, -0.2) is 9.67 Å². The summed E-state index contributed by atoms with van der Waals surface area (Å²) in [4.78, 5) is 4.29. The summed E-state index contributed by atoms with van der Waals surface area (Å²) in [7, 11) is 0. The summed E-state index contributed by atoms with van der Waals surface area (Å²) in [6, 6.07) is 7.49. The molecule has 31 heavy (non-hydrogen) atoms. The number of hydrogen-bond acceptors (Lipinski definition) is 8. The van der Waals surface area contributed by atoms with Gasteiger partial charge in [0.05, 0.1) is 11.7 Å². The van der Waals surface area contributed by atoms with E-state index in [1.165, 1.54) is 11.3 Å². The summed E-state index contributed by atoms with van der Waals surface area (Å²) in [6.45, 7) is 8.84. The molecule has 1 aliphatic rings. The third-order valence-electron chi connectivity index (χ3n) is 5.69. The largest absolute Gasteiger partial charge is 0.507 e. The van der Waals surface area contributed by atoms with Crippen LogP contribution in [0, 0.1) is 0 Å². The fourth-order valence-corrected chi connectivity index (χ4v) is 5.45. The lowest BCUT2D eigenvalue weighted by Gasteiger charge is -2.46. The number of piperidine rings is 1. The first-order valence-corrected chi connectivity index (χ1v) is 11.2. The van der Waals surface area contributed by atoms with Crippen LogP contribution in [0.5, 0.6) is 5.75 Å². The van der Waals surface area contributed by atoms with Crippen LogP contribution in [0.4, 0.5) is 0 Å². The number of phenols is 1. The van der Waals surface area contributed by atoms with E-state index in [1.807, 2.05) is 28.3 Å². The number of aromatic nitrogens is 6. The van der Waals surface area contributed by atoms with Gasteiger partial charge in [0, 0.05) is 33.8 Å². The molecule has 0 radical (unpaired) electrons. The highest BCUT2D eigenvalue weighted by Gasteiger charge is 2.39. The number of thiazole rings is 1. The van der Waals surface area contributed by atoms with Crippen molar-refractivity contribution in [1.29, 1.82) is 0 Å². The maximum absolute atomic E-state index is 10.6. The van der Waals surface area contributed by atoms with Crippen molar-refractivity contribution in [3.05, 3.63) is 35.8 Å². The Hall–Kier alpha value is -2.91. The molecule has 0 saturated carbocycles. The minimum Gasteiger partial charge on any atom is -0.507 e. The smallest absolute Gasteiger partial charge is 0.201 e. The van der Waals surface area contributed by atoms with Gasteiger partial charge in [-0.3, -0.25) is 0 Å². The number of fused-ring (bicyclic) bond motifs is 1. The molecule has 0 atom stereocenters. The second-order valence-electron chi connectivity index (χ2n) is 9.50. The second-order valence-corrected chi connectivity index (χ2v) is 10.4. The van der Waals surface area contributed by atoms with Crippen LogP contribution in [0.2, 0.25) is 0 Å². The number of nitrogens with one attached hydrogen (secondary N) is 1. The molecule has 2 N–H and O–H groups in total. The number of benzene rings is 1. The van der Waals surface area contributed by atoms with Crippen molar-refractivity contribution in [2.75, 3.05) is 0 Å². The molecule has 9 heteroatoms. The third-order valence-corrected chi connectivity index (χ3v) is 6.51. The topological polar surface area (TPSA) is 102 Å². The zero-order valence-corrected chi connectivity index (χ0v) is 18.8. The lowest BCUT2D eigenvalue weighted by Crippen LogP contribution is -2.58. The minimum absolute atomic E-state index is 0.0109. The van der Waals surface area contributed by atoms with Gasteiger partial charge in [0.1, 0.15) is 16.3 Å². The molecule has 0 amide bonds. The molecule has 160 valence electrons. The Morgan fingerprint density at radius 2 is 1.84 bits per heavy atom. The first-order valence-electron chi connectivity index (χ1n) is 10.3. The predicted molar refractivity (Wildman–Crippen MR) is 121 cm³/mol. The zero-order valence-electron chi connectivity index (χ0n) is 18.0. The molecule has 0 spiro atoms.